The van der Waals surface area contributed by atoms with Crippen molar-refractivity contribution in [1.82, 2.24) is 24.6 Å². The fourth-order valence-corrected chi connectivity index (χ4v) is 5.96. The number of hydrogen-bond acceptors (Lipinski definition) is 7. The van der Waals surface area contributed by atoms with Crippen LogP contribution in [0.25, 0.3) is 10.9 Å². The Hall–Kier alpha value is -2.99. The van der Waals surface area contributed by atoms with Gasteiger partial charge in [0.15, 0.2) is 0 Å². The topological polar surface area (TPSA) is 73.5 Å². The van der Waals surface area contributed by atoms with Gasteiger partial charge in [-0.3, -0.25) is 19.5 Å². The van der Waals surface area contributed by atoms with Gasteiger partial charge in [0.2, 0.25) is 0 Å². The number of nitrogens with zero attached hydrogens (tertiary/aromatic N) is 7. The Bertz CT molecular complexity index is 1260. The molecule has 0 bridgehead atoms. The molecule has 8 heteroatoms. The van der Waals surface area contributed by atoms with Crippen LogP contribution in [0.2, 0.25) is 0 Å². The quantitative estimate of drug-likeness (QED) is 0.567. The third-order valence-electron chi connectivity index (χ3n) is 7.78. The summed E-state index contributed by atoms with van der Waals surface area (Å²) in [4.78, 5) is 11.9. The number of likely N-dealkylation sites (tertiary alicyclic amines) is 1. The van der Waals surface area contributed by atoms with E-state index in [1.807, 2.05) is 12.1 Å². The summed E-state index contributed by atoms with van der Waals surface area (Å²) < 4.78 is 8.66. The van der Waals surface area contributed by atoms with Crippen molar-refractivity contribution in [3.63, 3.8) is 0 Å². The first-order chi connectivity index (χ1) is 17.1. The monoisotopic (exact) mass is 471 g/mol. The number of anilines is 1. The molecule has 1 aromatic carbocycles. The molecule has 0 spiro atoms. The lowest BCUT2D eigenvalue weighted by molar-refractivity contribution is -0.0493. The molecule has 0 aliphatic carbocycles. The molecular formula is C27H33N7O. The molecule has 0 unspecified atom stereocenters. The van der Waals surface area contributed by atoms with E-state index in [1.165, 1.54) is 11.3 Å². The second-order valence-electron chi connectivity index (χ2n) is 10.2. The summed E-state index contributed by atoms with van der Waals surface area (Å²) in [5.74, 6) is 0. The van der Waals surface area contributed by atoms with Gasteiger partial charge < -0.3 is 9.64 Å². The van der Waals surface area contributed by atoms with Gasteiger partial charge in [0.25, 0.3) is 0 Å². The third kappa shape index (κ3) is 4.18. The third-order valence-corrected chi connectivity index (χ3v) is 7.78. The van der Waals surface area contributed by atoms with Crippen LogP contribution in [0.4, 0.5) is 5.69 Å². The molecule has 8 nitrogen and oxygen atoms in total. The van der Waals surface area contributed by atoms with Crippen LogP contribution >= 0.6 is 0 Å². The van der Waals surface area contributed by atoms with Gasteiger partial charge in [-0.15, -0.1) is 0 Å². The Morgan fingerprint density at radius 2 is 2.03 bits per heavy atom. The number of likely N-dealkylation sites (N-methyl/N-ethyl adjacent to an activating group) is 1. The normalized spacial score (nSPS) is 23.7. The SMILES string of the molecule is CCN1CCc2cnn(C3CN(C[C@H]4CN(c5ccc(C#N)c6ncccc56)C[C@@H](C)O4)C3)c2C1. The molecule has 182 valence electrons. The molecule has 3 aliphatic heterocycles. The fraction of sp³-hybridized carbons (Fsp3) is 0.519. The lowest BCUT2D eigenvalue weighted by atomic mass is 10.0. The number of hydrogen-bond donors (Lipinski definition) is 0. The molecule has 6 rings (SSSR count). The molecule has 2 fully saturated rings. The van der Waals surface area contributed by atoms with Crippen LogP contribution in [-0.2, 0) is 17.7 Å². The molecule has 2 aromatic heterocycles. The minimum atomic E-state index is 0.143. The molecule has 3 aliphatic rings. The smallest absolute Gasteiger partial charge is 0.101 e. The van der Waals surface area contributed by atoms with Crippen LogP contribution in [-0.4, -0.2) is 82.6 Å². The molecule has 5 heterocycles. The first-order valence-electron chi connectivity index (χ1n) is 12.8. The van der Waals surface area contributed by atoms with E-state index in [1.54, 1.807) is 6.20 Å². The first kappa shape index (κ1) is 22.5. The van der Waals surface area contributed by atoms with Crippen LogP contribution in [0.1, 0.15) is 36.7 Å². The summed E-state index contributed by atoms with van der Waals surface area (Å²) in [7, 11) is 0. The Morgan fingerprint density at radius 3 is 2.86 bits per heavy atom. The van der Waals surface area contributed by atoms with Gasteiger partial charge >= 0.3 is 0 Å². The minimum absolute atomic E-state index is 0.143. The fourth-order valence-electron chi connectivity index (χ4n) is 5.96. The average Bonchev–Trinajstić information content (AvgIpc) is 3.27. The molecule has 35 heavy (non-hydrogen) atoms. The van der Waals surface area contributed by atoms with Crippen LogP contribution in [0.3, 0.4) is 0 Å². The van der Waals surface area contributed by atoms with Crippen LogP contribution in [0.5, 0.6) is 0 Å². The maximum absolute atomic E-state index is 9.50. The van der Waals surface area contributed by atoms with Crippen molar-refractivity contribution in [3.8, 4) is 6.07 Å². The number of benzene rings is 1. The second-order valence-corrected chi connectivity index (χ2v) is 10.2. The standard InChI is InChI=1S/C27H33N7O/c1-3-31-10-8-21-12-30-34(26(21)18-31)22-14-32(15-22)16-23-17-33(13-19(2)35-23)25-7-6-20(11-28)27-24(25)5-4-9-29-27/h4-7,9,12,19,22-23H,3,8,10,13-18H2,1-2H3/t19-,23+/m1/s1. The van der Waals surface area contributed by atoms with Crippen LogP contribution < -0.4 is 4.90 Å². The van der Waals surface area contributed by atoms with Crippen LogP contribution in [0, 0.1) is 11.3 Å². The lowest BCUT2D eigenvalue weighted by Crippen LogP contribution is -2.56. The molecule has 0 amide bonds. The molecular weight excluding hydrogens is 438 g/mol. The van der Waals surface area contributed by atoms with Crippen molar-refractivity contribution in [2.45, 2.75) is 45.1 Å². The second kappa shape index (κ2) is 9.23. The van der Waals surface area contributed by atoms with Crippen molar-refractivity contribution >= 4 is 16.6 Å². The highest BCUT2D eigenvalue weighted by molar-refractivity contribution is 5.95. The number of aromatic nitrogens is 3. The molecule has 0 N–H and O–H groups in total. The predicted octanol–water partition coefficient (Wildman–Crippen LogP) is 2.83. The Labute approximate surface area is 206 Å². The van der Waals surface area contributed by atoms with E-state index in [9.17, 15) is 5.26 Å². The van der Waals surface area contributed by atoms with E-state index in [2.05, 4.69) is 62.6 Å². The van der Waals surface area contributed by atoms with Gasteiger partial charge in [-0.25, -0.2) is 0 Å². The number of ether oxygens (including phenoxy) is 1. The van der Waals surface area contributed by atoms with Gasteiger partial charge in [-0.05, 0) is 49.7 Å². The molecule has 3 aromatic rings. The summed E-state index contributed by atoms with van der Waals surface area (Å²) in [5, 5.41) is 15.3. The highest BCUT2D eigenvalue weighted by Gasteiger charge is 2.35. The van der Waals surface area contributed by atoms with E-state index in [0.29, 0.717) is 11.6 Å². The van der Waals surface area contributed by atoms with Gasteiger partial charge in [0.05, 0.1) is 41.2 Å². The van der Waals surface area contributed by atoms with E-state index >= 15 is 0 Å². The van der Waals surface area contributed by atoms with Gasteiger partial charge in [-0.1, -0.05) is 6.92 Å². The number of morpholine rings is 1. The van der Waals surface area contributed by atoms with Crippen molar-refractivity contribution in [2.75, 3.05) is 50.7 Å². The summed E-state index contributed by atoms with van der Waals surface area (Å²) in [5.41, 5.74) is 5.38. The van der Waals surface area contributed by atoms with Gasteiger partial charge in [0.1, 0.15) is 6.07 Å². The number of pyridine rings is 1. The van der Waals surface area contributed by atoms with Gasteiger partial charge in [0, 0.05) is 63.1 Å². The largest absolute Gasteiger partial charge is 0.370 e. The minimum Gasteiger partial charge on any atom is -0.370 e. The van der Waals surface area contributed by atoms with Crippen molar-refractivity contribution < 1.29 is 4.74 Å². The lowest BCUT2D eigenvalue weighted by Gasteiger charge is -2.45. The zero-order chi connectivity index (χ0) is 23.9. The number of rotatable bonds is 5. The zero-order valence-electron chi connectivity index (χ0n) is 20.6. The Kier molecular flexibility index (Phi) is 5.93. The van der Waals surface area contributed by atoms with Crippen molar-refractivity contribution in [3.05, 3.63) is 53.5 Å². The van der Waals surface area contributed by atoms with E-state index in [0.717, 1.165) is 75.4 Å². The van der Waals surface area contributed by atoms with Crippen molar-refractivity contribution in [2.24, 2.45) is 0 Å². The van der Waals surface area contributed by atoms with Crippen LogP contribution in [0.15, 0.2) is 36.7 Å². The summed E-state index contributed by atoms with van der Waals surface area (Å²) >= 11 is 0. The van der Waals surface area contributed by atoms with E-state index in [4.69, 9.17) is 9.84 Å². The predicted molar refractivity (Wildman–Crippen MR) is 135 cm³/mol. The maximum atomic E-state index is 9.50. The molecule has 2 saturated heterocycles. The average molecular weight is 472 g/mol. The summed E-state index contributed by atoms with van der Waals surface area (Å²) in [6.45, 7) is 12.3. The summed E-state index contributed by atoms with van der Waals surface area (Å²) in [6, 6.07) is 10.7. The number of nitriles is 1. The Morgan fingerprint density at radius 1 is 1.14 bits per heavy atom. The maximum Gasteiger partial charge on any atom is 0.101 e. The molecule has 0 radical (unpaired) electrons. The highest BCUT2D eigenvalue weighted by Crippen LogP contribution is 2.32. The van der Waals surface area contributed by atoms with Gasteiger partial charge in [-0.2, -0.15) is 10.4 Å². The Balaban J connectivity index is 1.13. The first-order valence-corrected chi connectivity index (χ1v) is 12.8. The van der Waals surface area contributed by atoms with E-state index in [-0.39, 0.29) is 12.2 Å². The van der Waals surface area contributed by atoms with E-state index < -0.39 is 0 Å². The zero-order valence-corrected chi connectivity index (χ0v) is 20.6. The highest BCUT2D eigenvalue weighted by atomic mass is 16.5. The molecule has 0 saturated carbocycles. The van der Waals surface area contributed by atoms with Crippen molar-refractivity contribution in [1.29, 1.82) is 5.26 Å². The summed E-state index contributed by atoms with van der Waals surface area (Å²) in [6.07, 6.45) is 5.25. The number of fused-ring (bicyclic) bond motifs is 2. The molecule has 2 atom stereocenters.